The number of esters is 2. The third-order valence-corrected chi connectivity index (χ3v) is 6.81. The van der Waals surface area contributed by atoms with Gasteiger partial charge in [0.25, 0.3) is 5.69 Å². The van der Waals surface area contributed by atoms with Crippen molar-refractivity contribution in [3.8, 4) is 0 Å². The summed E-state index contributed by atoms with van der Waals surface area (Å²) >= 11 is 0. The lowest BCUT2D eigenvalue weighted by molar-refractivity contribution is -0.384. The Labute approximate surface area is 248 Å². The molecule has 0 saturated carbocycles. The van der Waals surface area contributed by atoms with Gasteiger partial charge in [-0.15, -0.1) is 24.8 Å². The van der Waals surface area contributed by atoms with Crippen LogP contribution in [0.2, 0.25) is 0 Å². The predicted octanol–water partition coefficient (Wildman–Crippen LogP) is 4.57. The van der Waals surface area contributed by atoms with E-state index in [0.29, 0.717) is 17.0 Å². The lowest BCUT2D eigenvalue weighted by Crippen LogP contribution is -2.48. The van der Waals surface area contributed by atoms with E-state index in [1.54, 1.807) is 19.9 Å². The minimum absolute atomic E-state index is 0. The van der Waals surface area contributed by atoms with Gasteiger partial charge < -0.3 is 19.7 Å². The Hall–Kier alpha value is -3.08. The highest BCUT2D eigenvalue weighted by Crippen LogP contribution is 2.40. The number of dihydropyridines is 1. The van der Waals surface area contributed by atoms with Crippen molar-refractivity contribution in [2.24, 2.45) is 5.41 Å². The van der Waals surface area contributed by atoms with Crippen LogP contribution in [0.15, 0.2) is 59.1 Å². The first-order valence-electron chi connectivity index (χ1n) is 12.7. The fraction of sp³-hybridized carbons (Fsp3) is 0.500. The summed E-state index contributed by atoms with van der Waals surface area (Å²) in [7, 11) is 1.26. The fourth-order valence-corrected chi connectivity index (χ4v) is 5.07. The van der Waals surface area contributed by atoms with Crippen LogP contribution in [0, 0.1) is 15.5 Å². The largest absolute Gasteiger partial charge is 0.466 e. The van der Waals surface area contributed by atoms with E-state index in [1.807, 2.05) is 13.0 Å². The molecule has 1 aromatic carbocycles. The summed E-state index contributed by atoms with van der Waals surface area (Å²) in [5.41, 5.74) is 1.46. The van der Waals surface area contributed by atoms with Gasteiger partial charge in [0, 0.05) is 61.7 Å². The monoisotopic (exact) mass is 598 g/mol. The summed E-state index contributed by atoms with van der Waals surface area (Å²) in [6.45, 7) is 14.3. The van der Waals surface area contributed by atoms with Gasteiger partial charge >= 0.3 is 11.9 Å². The number of benzene rings is 1. The average Bonchev–Trinajstić information content (AvgIpc) is 2.87. The molecule has 2 aliphatic rings. The molecule has 0 radical (unpaired) electrons. The maximum atomic E-state index is 13.6. The molecule has 222 valence electrons. The molecular weight excluding hydrogens is 559 g/mol. The molecule has 40 heavy (non-hydrogen) atoms. The third-order valence-electron chi connectivity index (χ3n) is 6.81. The van der Waals surface area contributed by atoms with Gasteiger partial charge in [0.2, 0.25) is 0 Å². The minimum Gasteiger partial charge on any atom is -0.466 e. The van der Waals surface area contributed by atoms with Gasteiger partial charge in [-0.1, -0.05) is 32.1 Å². The average molecular weight is 600 g/mol. The first-order chi connectivity index (χ1) is 18.0. The first-order valence-corrected chi connectivity index (χ1v) is 12.7. The van der Waals surface area contributed by atoms with Gasteiger partial charge in [-0.25, -0.2) is 9.59 Å². The molecule has 1 fully saturated rings. The lowest BCUT2D eigenvalue weighted by atomic mass is 9.80. The van der Waals surface area contributed by atoms with E-state index in [2.05, 4.69) is 35.2 Å². The Balaban J connectivity index is 0.00000400. The van der Waals surface area contributed by atoms with Gasteiger partial charge in [0.05, 0.1) is 35.7 Å². The Morgan fingerprint density at radius 1 is 1.10 bits per heavy atom. The highest BCUT2D eigenvalue weighted by molar-refractivity contribution is 5.99. The van der Waals surface area contributed by atoms with Crippen LogP contribution in [0.5, 0.6) is 0 Å². The molecule has 1 N–H and O–H groups in total. The molecule has 1 unspecified atom stereocenters. The molecule has 10 nitrogen and oxygen atoms in total. The van der Waals surface area contributed by atoms with E-state index in [0.717, 1.165) is 32.7 Å². The number of hydrogen-bond donors (Lipinski definition) is 1. The normalized spacial score (nSPS) is 18.1. The number of nitrogens with zero attached hydrogens (tertiary/aromatic N) is 3. The first kappa shape index (κ1) is 34.9. The number of carbonyl (C=O) groups is 2. The number of nitro benzene ring substituents is 1. The molecule has 0 aromatic heterocycles. The molecule has 0 amide bonds. The molecule has 12 heteroatoms. The number of methoxy groups -OCH3 is 1. The van der Waals surface area contributed by atoms with Crippen LogP contribution in [-0.2, 0) is 19.1 Å². The van der Waals surface area contributed by atoms with Gasteiger partial charge in [-0.05, 0) is 32.5 Å². The topological polar surface area (TPSA) is 114 Å². The molecule has 0 spiro atoms. The number of nitro groups is 1. The Bertz CT molecular complexity index is 1170. The third kappa shape index (κ3) is 8.46. The zero-order valence-corrected chi connectivity index (χ0v) is 25.5. The van der Waals surface area contributed by atoms with Crippen molar-refractivity contribution in [3.05, 3.63) is 74.8 Å². The molecule has 2 aliphatic heterocycles. The summed E-state index contributed by atoms with van der Waals surface area (Å²) in [5.74, 6) is -2.08. The summed E-state index contributed by atoms with van der Waals surface area (Å²) in [6.07, 6.45) is 4.15. The van der Waals surface area contributed by atoms with Crippen molar-refractivity contribution in [2.45, 2.75) is 40.5 Å². The zero-order chi connectivity index (χ0) is 28.0. The van der Waals surface area contributed by atoms with Crippen LogP contribution >= 0.6 is 24.8 Å². The second kappa shape index (κ2) is 15.1. The number of carbonyl (C=O) groups excluding carboxylic acids is 2. The Kier molecular flexibility index (Phi) is 13.2. The summed E-state index contributed by atoms with van der Waals surface area (Å²) in [6, 6.07) is 5.95. The second-order valence-electron chi connectivity index (χ2n) is 10.5. The van der Waals surface area contributed by atoms with Crippen molar-refractivity contribution in [2.75, 3.05) is 46.4 Å². The molecule has 2 heterocycles. The number of piperazine rings is 1. The second-order valence-corrected chi connectivity index (χ2v) is 10.5. The van der Waals surface area contributed by atoms with E-state index in [9.17, 15) is 19.7 Å². The molecule has 1 aromatic rings. The van der Waals surface area contributed by atoms with Crippen molar-refractivity contribution >= 4 is 42.4 Å². The molecule has 0 bridgehead atoms. The quantitative estimate of drug-likeness (QED) is 0.248. The van der Waals surface area contributed by atoms with Crippen molar-refractivity contribution in [1.82, 2.24) is 15.1 Å². The van der Waals surface area contributed by atoms with E-state index in [1.165, 1.54) is 25.3 Å². The summed E-state index contributed by atoms with van der Waals surface area (Å²) < 4.78 is 10.9. The highest BCUT2D eigenvalue weighted by Gasteiger charge is 2.39. The number of ether oxygens (including phenoxy) is 2. The van der Waals surface area contributed by atoms with Gasteiger partial charge in [0.1, 0.15) is 0 Å². The maximum Gasteiger partial charge on any atom is 0.336 e. The molecule has 3 rings (SSSR count). The lowest BCUT2D eigenvalue weighted by Gasteiger charge is -2.38. The molecular formula is C28H40Cl2N4O6. The number of halogens is 2. The standard InChI is InChI=1S/C28H38N4O6.2ClH/c1-7-11-30-12-14-31(15-13-30)17-28(4,5)18-38-27(34)24-20(3)29-19(2)23(26(33)37-6)25(24)21-9-8-10-22(16-21)32(35)36;;/h7-11,16,25,29H,12-15,17-18H2,1-6H3;2*1H. The number of hydrogen-bond acceptors (Lipinski definition) is 9. The number of non-ortho nitro benzene ring substituents is 1. The van der Waals surface area contributed by atoms with Crippen LogP contribution in [0.1, 0.15) is 46.1 Å². The van der Waals surface area contributed by atoms with Crippen LogP contribution in [0.4, 0.5) is 5.69 Å². The van der Waals surface area contributed by atoms with Gasteiger partial charge in [0.15, 0.2) is 0 Å². The predicted molar refractivity (Wildman–Crippen MR) is 158 cm³/mol. The van der Waals surface area contributed by atoms with E-state index < -0.39 is 22.8 Å². The van der Waals surface area contributed by atoms with Crippen molar-refractivity contribution < 1.29 is 24.0 Å². The van der Waals surface area contributed by atoms with Crippen LogP contribution in [-0.4, -0.2) is 73.1 Å². The van der Waals surface area contributed by atoms with Crippen LogP contribution < -0.4 is 5.32 Å². The van der Waals surface area contributed by atoms with Crippen molar-refractivity contribution in [1.29, 1.82) is 0 Å². The Morgan fingerprint density at radius 3 is 2.25 bits per heavy atom. The van der Waals surface area contributed by atoms with Crippen LogP contribution in [0.25, 0.3) is 0 Å². The molecule has 1 atom stereocenters. The Morgan fingerprint density at radius 2 is 1.70 bits per heavy atom. The zero-order valence-electron chi connectivity index (χ0n) is 23.9. The van der Waals surface area contributed by atoms with Gasteiger partial charge in [-0.2, -0.15) is 0 Å². The fourth-order valence-electron chi connectivity index (χ4n) is 5.07. The molecule has 1 saturated heterocycles. The minimum atomic E-state index is -0.876. The molecule has 0 aliphatic carbocycles. The smallest absolute Gasteiger partial charge is 0.336 e. The van der Waals surface area contributed by atoms with E-state index in [4.69, 9.17) is 9.47 Å². The van der Waals surface area contributed by atoms with Gasteiger partial charge in [-0.3, -0.25) is 15.0 Å². The van der Waals surface area contributed by atoms with Crippen LogP contribution in [0.3, 0.4) is 0 Å². The number of rotatable bonds is 9. The van der Waals surface area contributed by atoms with Crippen molar-refractivity contribution in [3.63, 3.8) is 0 Å². The number of nitrogens with one attached hydrogen (secondary N) is 1. The number of allylic oxidation sites excluding steroid dienone is 3. The highest BCUT2D eigenvalue weighted by atomic mass is 35.5. The summed E-state index contributed by atoms with van der Waals surface area (Å²) in [4.78, 5) is 42.0. The summed E-state index contributed by atoms with van der Waals surface area (Å²) in [5, 5.41) is 14.5. The maximum absolute atomic E-state index is 13.6. The SMILES string of the molecule is CC=CN1CCN(CC(C)(C)COC(=O)C2=C(C)NC(C)=C(C(=O)OC)C2c2cccc([N+](=O)[O-])c2)CC1.Cl.Cl. The van der Waals surface area contributed by atoms with E-state index >= 15 is 0 Å². The van der Waals surface area contributed by atoms with E-state index in [-0.39, 0.29) is 53.7 Å².